The van der Waals surface area contributed by atoms with Crippen LogP contribution in [0.1, 0.15) is 61.8 Å². The molecule has 0 atom stereocenters. The molecule has 6 nitrogen and oxygen atoms in total. The summed E-state index contributed by atoms with van der Waals surface area (Å²) < 4.78 is 11.1. The molecule has 7 heteroatoms. The van der Waals surface area contributed by atoms with Crippen LogP contribution in [-0.4, -0.2) is 42.4 Å². The Bertz CT molecular complexity index is 463. The van der Waals surface area contributed by atoms with Crippen molar-refractivity contribution >= 4 is 18.1 Å². The van der Waals surface area contributed by atoms with E-state index < -0.39 is 5.60 Å². The number of nitrogens with zero attached hydrogens (tertiary/aromatic N) is 1. The molecule has 0 spiro atoms. The normalized spacial score (nSPS) is 11.8. The first-order valence-electron chi connectivity index (χ1n) is 8.16. The Kier molecular flexibility index (Phi) is 16.7. The van der Waals surface area contributed by atoms with Gasteiger partial charge in [0, 0.05) is 0 Å². The monoisotopic (exact) mass is 592 g/mol. The molecule has 0 fully saturated rings. The average molecular weight is 593 g/mol. The van der Waals surface area contributed by atoms with Crippen molar-refractivity contribution in [1.29, 1.82) is 0 Å². The van der Waals surface area contributed by atoms with Crippen LogP contribution < -0.4 is 5.73 Å². The van der Waals surface area contributed by atoms with Gasteiger partial charge in [0.2, 0.25) is 0 Å². The molecule has 0 rings (SSSR count). The fourth-order valence-corrected chi connectivity index (χ4v) is 1.38. The second kappa shape index (κ2) is 14.4. The molecule has 0 aromatic carbocycles. The molecule has 0 aromatic rings. The van der Waals surface area contributed by atoms with E-state index in [0.29, 0.717) is 24.6 Å². The van der Waals surface area contributed by atoms with E-state index in [1.165, 1.54) is 13.2 Å². The van der Waals surface area contributed by atoms with Gasteiger partial charge in [-0.25, -0.2) is 0 Å². The van der Waals surface area contributed by atoms with Crippen molar-refractivity contribution in [3.8, 4) is 0 Å². The smallest absolute Gasteiger partial charge is 0.542 e. The maximum absolute atomic E-state index is 12.0. The van der Waals surface area contributed by atoms with Crippen LogP contribution in [0.5, 0.6) is 0 Å². The Morgan fingerprint density at radius 1 is 1.19 bits per heavy atom. The molecule has 0 unspecified atom stereocenters. The molecule has 0 radical (unpaired) electrons. The number of esters is 1. The minimum Gasteiger partial charge on any atom is -0.542 e. The number of rotatable bonds is 7. The largest absolute Gasteiger partial charge is 2.00 e. The second-order valence-electron chi connectivity index (χ2n) is 7.60. The van der Waals surface area contributed by atoms with E-state index in [4.69, 9.17) is 20.0 Å². The van der Waals surface area contributed by atoms with Gasteiger partial charge in [-0.1, -0.05) is 26.2 Å². The van der Waals surface area contributed by atoms with Crippen molar-refractivity contribution in [3.63, 3.8) is 0 Å². The Morgan fingerprint density at radius 2 is 1.65 bits per heavy atom. The van der Waals surface area contributed by atoms with Crippen LogP contribution in [0.25, 0.3) is 0 Å². The van der Waals surface area contributed by atoms with Gasteiger partial charge in [0.25, 0.3) is 5.97 Å². The summed E-state index contributed by atoms with van der Waals surface area (Å²) in [6.07, 6.45) is 1.67. The number of carbonyl (C=O) groups is 1. The van der Waals surface area contributed by atoms with E-state index in [1.807, 2.05) is 41.5 Å². The van der Waals surface area contributed by atoms with Gasteiger partial charge in [-0.05, 0) is 54.0 Å². The predicted octanol–water partition coefficient (Wildman–Crippen LogP) is 3.16. The Morgan fingerprint density at radius 3 is 2.00 bits per heavy atom. The Labute approximate surface area is 182 Å². The standard InChI is InChI=1S/C17H31N2O3.C2H3O.U/c1-12(2)15(18)19-10-13(11-21-16(3,4)5)9-14(20)22-17(6,7)8;1-2-3;/h1,9-11H2,2-8H3,(H2,18,19);1H3;/q2*-1;+2. The van der Waals surface area contributed by atoms with E-state index in [9.17, 15) is 4.79 Å². The molecular formula is C19H34N2O4U. The van der Waals surface area contributed by atoms with Gasteiger partial charge in [-0.2, -0.15) is 6.92 Å². The Balaban J connectivity index is -0.00000123. The third-order valence-corrected chi connectivity index (χ3v) is 2.43. The van der Waals surface area contributed by atoms with Crippen LogP contribution in [-0.2, 0) is 19.1 Å². The van der Waals surface area contributed by atoms with Crippen molar-refractivity contribution in [2.75, 3.05) is 13.2 Å². The minimum absolute atomic E-state index is 0. The average Bonchev–Trinajstić information content (AvgIpc) is 2.39. The zero-order valence-electron chi connectivity index (χ0n) is 17.5. The third kappa shape index (κ3) is 21.4. The summed E-state index contributed by atoms with van der Waals surface area (Å²) in [7, 11) is 0. The summed E-state index contributed by atoms with van der Waals surface area (Å²) in [4.78, 5) is 24.9. The van der Waals surface area contributed by atoms with Gasteiger partial charge in [-0.15, -0.1) is 0 Å². The SMILES string of the molecule is C=C(C)C(N)=NC[C-](COC(C)(C)C)CC(=O)OC(C)(C)C.C[C-]=O.[U+2]. The van der Waals surface area contributed by atoms with Crippen molar-refractivity contribution in [1.82, 2.24) is 0 Å². The molecule has 0 bridgehead atoms. The predicted molar refractivity (Wildman–Crippen MR) is 102 cm³/mol. The van der Waals surface area contributed by atoms with E-state index in [-0.39, 0.29) is 49.1 Å². The fourth-order valence-electron chi connectivity index (χ4n) is 1.38. The molecule has 0 amide bonds. The van der Waals surface area contributed by atoms with Crippen molar-refractivity contribution < 1.29 is 50.2 Å². The van der Waals surface area contributed by atoms with Crippen molar-refractivity contribution in [2.24, 2.45) is 10.7 Å². The molecule has 2 N–H and O–H groups in total. The number of hydrogen-bond acceptors (Lipinski definition) is 5. The van der Waals surface area contributed by atoms with Crippen molar-refractivity contribution in [3.05, 3.63) is 18.1 Å². The quantitative estimate of drug-likeness (QED) is 0.212. The summed E-state index contributed by atoms with van der Waals surface area (Å²) >= 11 is 0. The molecule has 0 saturated heterocycles. The molecular weight excluding hydrogens is 558 g/mol. The van der Waals surface area contributed by atoms with E-state index in [2.05, 4.69) is 11.6 Å². The first-order chi connectivity index (χ1) is 11.2. The molecule has 0 aromatic heterocycles. The summed E-state index contributed by atoms with van der Waals surface area (Å²) in [5.74, 6) is 0.926. The number of ether oxygens (including phenoxy) is 2. The molecule has 0 aliphatic heterocycles. The van der Waals surface area contributed by atoms with Crippen LogP contribution in [0.15, 0.2) is 17.1 Å². The maximum atomic E-state index is 12.0. The topological polar surface area (TPSA) is 91.0 Å². The van der Waals surface area contributed by atoms with Crippen LogP contribution in [0.4, 0.5) is 0 Å². The van der Waals surface area contributed by atoms with Crippen LogP contribution >= 0.6 is 0 Å². The van der Waals surface area contributed by atoms with Crippen LogP contribution in [0.2, 0.25) is 0 Å². The first-order valence-corrected chi connectivity index (χ1v) is 8.16. The molecule has 148 valence electrons. The summed E-state index contributed by atoms with van der Waals surface area (Å²) in [5, 5.41) is 0. The molecule has 0 aliphatic rings. The van der Waals surface area contributed by atoms with Gasteiger partial charge in [0.1, 0.15) is 11.4 Å². The van der Waals surface area contributed by atoms with Gasteiger partial charge < -0.3 is 25.0 Å². The van der Waals surface area contributed by atoms with Crippen LogP contribution in [0.3, 0.4) is 0 Å². The van der Waals surface area contributed by atoms with E-state index in [0.717, 1.165) is 5.92 Å². The van der Waals surface area contributed by atoms with Gasteiger partial charge in [0.05, 0.1) is 5.60 Å². The number of amidine groups is 1. The third-order valence-electron chi connectivity index (χ3n) is 2.43. The number of nitrogens with two attached hydrogens (primary N) is 1. The first kappa shape index (κ1) is 30.1. The summed E-state index contributed by atoms with van der Waals surface area (Å²) in [6.45, 7) is 18.9. The van der Waals surface area contributed by atoms with Gasteiger partial charge in [0.15, 0.2) is 0 Å². The van der Waals surface area contributed by atoms with Crippen molar-refractivity contribution in [2.45, 2.75) is 73.0 Å². The molecule has 26 heavy (non-hydrogen) atoms. The Hall–Kier alpha value is -0.638. The zero-order valence-corrected chi connectivity index (χ0v) is 21.6. The van der Waals surface area contributed by atoms with Crippen LogP contribution in [0, 0.1) is 37.0 Å². The summed E-state index contributed by atoms with van der Waals surface area (Å²) in [5.41, 5.74) is 5.67. The maximum Gasteiger partial charge on any atom is 2.00 e. The number of carbonyl (C=O) groups excluding carboxylic acids is 2. The van der Waals surface area contributed by atoms with E-state index in [1.54, 1.807) is 6.92 Å². The van der Waals surface area contributed by atoms with Gasteiger partial charge in [-0.3, -0.25) is 17.0 Å². The fraction of sp³-hybridized carbons (Fsp3) is 0.684. The molecule has 0 heterocycles. The number of hydrogen-bond donors (Lipinski definition) is 1. The zero-order chi connectivity index (χ0) is 20.3. The molecule has 0 saturated carbocycles. The van der Waals surface area contributed by atoms with Gasteiger partial charge >= 0.3 is 31.1 Å². The minimum atomic E-state index is -0.507. The summed E-state index contributed by atoms with van der Waals surface area (Å²) in [6, 6.07) is 0. The van der Waals surface area contributed by atoms with E-state index >= 15 is 0 Å². The number of aliphatic imine (C=N–C) groups is 1. The second-order valence-corrected chi connectivity index (χ2v) is 7.60. The molecule has 0 aliphatic carbocycles.